The Labute approximate surface area is 252 Å². The monoisotopic (exact) mass is 679 g/mol. The van der Waals surface area contributed by atoms with Crippen LogP contribution in [0.3, 0.4) is 0 Å². The molecule has 0 radical (unpaired) electrons. The summed E-state index contributed by atoms with van der Waals surface area (Å²) >= 11 is 0. The number of nitrogens with zero attached hydrogens (tertiary/aromatic N) is 1. The van der Waals surface area contributed by atoms with Gasteiger partial charge in [-0.3, -0.25) is 0 Å². The molecule has 0 aromatic carbocycles. The number of alkyl halides is 6. The maximum absolute atomic E-state index is 14.1. The van der Waals surface area contributed by atoms with Crippen LogP contribution in [-0.4, -0.2) is 56.0 Å². The zero-order valence-electron chi connectivity index (χ0n) is 26.2. The van der Waals surface area contributed by atoms with Crippen molar-refractivity contribution in [1.29, 1.82) is 0 Å². The van der Waals surface area contributed by atoms with Gasteiger partial charge in [0, 0.05) is 0 Å². The molecule has 0 aromatic rings. The van der Waals surface area contributed by atoms with Crippen molar-refractivity contribution in [2.24, 2.45) is 0 Å². The number of hydrogen-bond donors (Lipinski definition) is 0. The van der Waals surface area contributed by atoms with E-state index in [1.165, 1.54) is 25.7 Å². The van der Waals surface area contributed by atoms with Gasteiger partial charge in [-0.05, 0) is 0 Å². The Morgan fingerprint density at radius 1 is 0.429 bits per heavy atom. The summed E-state index contributed by atoms with van der Waals surface area (Å²) in [5.74, 6) is 0. The minimum atomic E-state index is -6.87. The van der Waals surface area contributed by atoms with Crippen LogP contribution in [0.5, 0.6) is 0 Å². The number of unbranched alkanes of at least 4 members (excludes halogenated alkanes) is 14. The summed E-state index contributed by atoms with van der Waals surface area (Å²) in [4.78, 5) is 0. The maximum atomic E-state index is 14.1. The molecular formula is C28H56F6NO4PS2. The molecule has 0 aromatic heterocycles. The van der Waals surface area contributed by atoms with Gasteiger partial charge in [0.2, 0.25) is 0 Å². The average Bonchev–Trinajstić information content (AvgIpc) is 2.89. The van der Waals surface area contributed by atoms with Crippen LogP contribution in [0.1, 0.15) is 143 Å². The second-order valence-corrected chi connectivity index (χ2v) is 22.2. The van der Waals surface area contributed by atoms with Crippen molar-refractivity contribution < 1.29 is 43.2 Å². The Kier molecular flexibility index (Phi) is 18.7. The van der Waals surface area contributed by atoms with Crippen molar-refractivity contribution in [3.05, 3.63) is 0 Å². The van der Waals surface area contributed by atoms with Gasteiger partial charge in [-0.1, -0.05) is 13.3 Å². The van der Waals surface area contributed by atoms with E-state index < -0.39 is 41.3 Å². The van der Waals surface area contributed by atoms with Gasteiger partial charge in [-0.2, -0.15) is 0 Å². The van der Waals surface area contributed by atoms with Crippen LogP contribution in [-0.2, 0) is 20.0 Å². The van der Waals surface area contributed by atoms with Gasteiger partial charge in [0.05, 0.1) is 0 Å². The van der Waals surface area contributed by atoms with Gasteiger partial charge in [0.15, 0.2) is 0 Å². The summed E-state index contributed by atoms with van der Waals surface area (Å²) in [5.41, 5.74) is -12.4. The Morgan fingerprint density at radius 3 is 0.929 bits per heavy atom. The molecule has 0 spiro atoms. The Balaban J connectivity index is 6.50. The zero-order valence-corrected chi connectivity index (χ0v) is 28.7. The van der Waals surface area contributed by atoms with Gasteiger partial charge in [-0.15, -0.1) is 0 Å². The summed E-state index contributed by atoms with van der Waals surface area (Å²) in [6.45, 7) is 2.34. The van der Waals surface area contributed by atoms with Crippen LogP contribution in [0.4, 0.5) is 26.3 Å². The third-order valence-corrected chi connectivity index (χ3v) is 22.3. The van der Waals surface area contributed by atoms with Gasteiger partial charge in [0.25, 0.3) is 0 Å². The topological polar surface area (TPSA) is 71.5 Å². The second-order valence-electron chi connectivity index (χ2n) is 11.8. The number of halogens is 6. The molecule has 5 nitrogen and oxygen atoms in total. The van der Waals surface area contributed by atoms with Gasteiger partial charge >= 0.3 is 239 Å². The number of rotatable bonds is 25. The average molecular weight is 680 g/mol. The standard InChI is InChI=1S/C28H56F6NO4PS2/c1-5-9-13-14-15-16-17-18-19-20-21-22-26-40(23-10-6-2,24-11-7-3,25-12-8-4)35(41(36,37)27(29,30)31)42(38,39)28(32,33)34/h5-26H2,1-4H3. The summed E-state index contributed by atoms with van der Waals surface area (Å²) < 4.78 is 136. The van der Waals surface area contributed by atoms with Gasteiger partial charge in [-0.25, -0.2) is 0 Å². The van der Waals surface area contributed by atoms with E-state index in [0.29, 0.717) is 32.1 Å². The zero-order chi connectivity index (χ0) is 32.6. The molecule has 0 rings (SSSR count). The third-order valence-electron chi connectivity index (χ3n) is 8.30. The van der Waals surface area contributed by atoms with Crippen molar-refractivity contribution in [3.8, 4) is 0 Å². The summed E-state index contributed by atoms with van der Waals surface area (Å²) in [6, 6.07) is 0. The molecule has 0 fully saturated rings. The SMILES string of the molecule is CCCCCCCCCCCCCCP(CCCC)(CCCC)(CCCC)N(S(=O)(=O)C(F)(F)F)S(=O)(=O)C(F)(F)F. The van der Waals surface area contributed by atoms with E-state index >= 15 is 0 Å². The van der Waals surface area contributed by atoms with Crippen molar-refractivity contribution in [3.63, 3.8) is 0 Å². The quantitative estimate of drug-likeness (QED) is 0.0547. The van der Waals surface area contributed by atoms with E-state index in [1.807, 2.05) is 0 Å². The molecule has 0 saturated carbocycles. The molecule has 0 aliphatic carbocycles. The molecule has 0 N–H and O–H groups in total. The molecule has 0 unspecified atom stereocenters. The van der Waals surface area contributed by atoms with Crippen LogP contribution >= 0.6 is 6.75 Å². The molecule has 42 heavy (non-hydrogen) atoms. The summed E-state index contributed by atoms with van der Waals surface area (Å²) in [6.07, 6.45) is 11.8. The van der Waals surface area contributed by atoms with E-state index in [4.69, 9.17) is 0 Å². The Bertz CT molecular complexity index is 888. The number of hydrogen-bond acceptors (Lipinski definition) is 4. The molecule has 0 aliphatic heterocycles. The first-order valence-corrected chi connectivity index (χ1v) is 21.7. The predicted molar refractivity (Wildman–Crippen MR) is 164 cm³/mol. The third kappa shape index (κ3) is 11.7. The molecule has 0 amide bonds. The second kappa shape index (κ2) is 18.7. The van der Waals surface area contributed by atoms with E-state index in [9.17, 15) is 43.2 Å². The normalized spacial score (nSPS) is 14.8. The fourth-order valence-electron chi connectivity index (χ4n) is 5.96. The van der Waals surface area contributed by atoms with Crippen LogP contribution in [0.2, 0.25) is 0 Å². The molecule has 0 atom stereocenters. The first kappa shape index (κ1) is 41.9. The van der Waals surface area contributed by atoms with Crippen LogP contribution < -0.4 is 0 Å². The van der Waals surface area contributed by atoms with Gasteiger partial charge < -0.3 is 0 Å². The molecule has 256 valence electrons. The van der Waals surface area contributed by atoms with Crippen LogP contribution in [0.25, 0.3) is 0 Å². The van der Waals surface area contributed by atoms with E-state index in [-0.39, 0.29) is 50.3 Å². The molecule has 0 heterocycles. The Hall–Kier alpha value is -0.130. The van der Waals surface area contributed by atoms with Crippen molar-refractivity contribution in [2.75, 3.05) is 24.6 Å². The Morgan fingerprint density at radius 2 is 0.667 bits per heavy atom. The van der Waals surface area contributed by atoms with E-state index in [1.54, 1.807) is 20.8 Å². The van der Waals surface area contributed by atoms with Crippen molar-refractivity contribution >= 4 is 26.8 Å². The molecule has 0 saturated heterocycles. The van der Waals surface area contributed by atoms with Crippen LogP contribution in [0, 0.1) is 0 Å². The van der Waals surface area contributed by atoms with E-state index in [0.717, 1.165) is 32.1 Å². The van der Waals surface area contributed by atoms with Gasteiger partial charge in [0.1, 0.15) is 0 Å². The molecular weight excluding hydrogens is 623 g/mol. The fraction of sp³-hybridized carbons (Fsp3) is 1.00. The molecule has 0 bridgehead atoms. The fourth-order valence-corrected chi connectivity index (χ4v) is 21.7. The van der Waals surface area contributed by atoms with E-state index in [2.05, 4.69) is 6.92 Å². The van der Waals surface area contributed by atoms with Crippen molar-refractivity contribution in [2.45, 2.75) is 154 Å². The first-order chi connectivity index (χ1) is 19.4. The predicted octanol–water partition coefficient (Wildman–Crippen LogP) is 10.6. The number of sulfonamides is 2. The minimum absolute atomic E-state index is 0.140. The summed E-state index contributed by atoms with van der Waals surface area (Å²) in [5, 5.41) is 0. The van der Waals surface area contributed by atoms with Crippen LogP contribution in [0.15, 0.2) is 0 Å². The molecule has 14 heteroatoms. The summed E-state index contributed by atoms with van der Waals surface area (Å²) in [7, 11) is -13.7. The molecule has 0 aliphatic rings. The van der Waals surface area contributed by atoms with Crippen molar-refractivity contribution in [1.82, 2.24) is 3.48 Å². The first-order valence-electron chi connectivity index (χ1n) is 15.9.